The van der Waals surface area contributed by atoms with Crippen molar-refractivity contribution in [2.24, 2.45) is 0 Å². The Morgan fingerprint density at radius 2 is 1.92 bits per heavy atom. The minimum Gasteiger partial charge on any atom is -0.497 e. The molecule has 4 nitrogen and oxygen atoms in total. The minimum atomic E-state index is -0.129. The van der Waals surface area contributed by atoms with E-state index in [0.717, 1.165) is 29.5 Å². The van der Waals surface area contributed by atoms with Gasteiger partial charge in [0.05, 0.1) is 18.2 Å². The van der Waals surface area contributed by atoms with Crippen molar-refractivity contribution in [1.82, 2.24) is 10.3 Å². The molecule has 1 amide bonds. The lowest BCUT2D eigenvalue weighted by molar-refractivity contribution is 0.0955. The molecule has 1 N–H and O–H groups in total. The fraction of sp³-hybridized carbons (Fsp3) is 0.200. The molecule has 0 atom stereocenters. The Labute approximate surface area is 151 Å². The Bertz CT molecular complexity index is 879. The van der Waals surface area contributed by atoms with Gasteiger partial charge >= 0.3 is 0 Å². The summed E-state index contributed by atoms with van der Waals surface area (Å²) in [4.78, 5) is 16.7. The smallest absolute Gasteiger partial charge is 0.252 e. The number of aryl methyl sites for hydroxylation is 1. The lowest BCUT2D eigenvalue weighted by Crippen LogP contribution is -2.25. The maximum atomic E-state index is 12.5. The van der Waals surface area contributed by atoms with Crippen LogP contribution in [0.4, 0.5) is 0 Å². The minimum absolute atomic E-state index is 0.129. The molecule has 0 saturated carbocycles. The van der Waals surface area contributed by atoms with Crippen molar-refractivity contribution in [2.75, 3.05) is 13.7 Å². The highest BCUT2D eigenvalue weighted by Crippen LogP contribution is 2.20. The molecule has 0 bridgehead atoms. The van der Waals surface area contributed by atoms with Gasteiger partial charge in [0, 0.05) is 11.9 Å². The van der Waals surface area contributed by atoms with Crippen molar-refractivity contribution in [2.45, 2.75) is 12.8 Å². The number of benzene rings is 2. The standard InChI is InChI=1S/C20H19ClN2O2/c1-25-15-10-8-14(9-11-15)5-4-12-22-20(24)17-13-19(21)23-18-7-3-2-6-16(17)18/h2-3,6-11,13H,4-5,12H2,1H3,(H,22,24). The topological polar surface area (TPSA) is 51.2 Å². The van der Waals surface area contributed by atoms with Crippen LogP contribution in [0, 0.1) is 0 Å². The van der Waals surface area contributed by atoms with E-state index >= 15 is 0 Å². The van der Waals surface area contributed by atoms with Crippen LogP contribution < -0.4 is 10.1 Å². The lowest BCUT2D eigenvalue weighted by Gasteiger charge is -2.09. The largest absolute Gasteiger partial charge is 0.497 e. The monoisotopic (exact) mass is 354 g/mol. The summed E-state index contributed by atoms with van der Waals surface area (Å²) < 4.78 is 5.15. The Balaban J connectivity index is 1.59. The lowest BCUT2D eigenvalue weighted by atomic mass is 10.1. The maximum Gasteiger partial charge on any atom is 0.252 e. The third-order valence-corrected chi connectivity index (χ3v) is 4.21. The maximum absolute atomic E-state index is 12.5. The number of para-hydroxylation sites is 1. The molecule has 0 saturated heterocycles. The molecular formula is C20H19ClN2O2. The molecule has 1 heterocycles. The van der Waals surface area contributed by atoms with Gasteiger partial charge in [0.25, 0.3) is 5.91 Å². The van der Waals surface area contributed by atoms with Crippen LogP contribution in [0.5, 0.6) is 5.75 Å². The van der Waals surface area contributed by atoms with E-state index in [1.807, 2.05) is 48.5 Å². The van der Waals surface area contributed by atoms with E-state index in [-0.39, 0.29) is 5.91 Å². The third-order valence-electron chi connectivity index (χ3n) is 4.02. The number of halogens is 1. The van der Waals surface area contributed by atoms with Gasteiger partial charge < -0.3 is 10.1 Å². The first-order valence-corrected chi connectivity index (χ1v) is 8.51. The first-order chi connectivity index (χ1) is 12.2. The quantitative estimate of drug-likeness (QED) is 0.531. The van der Waals surface area contributed by atoms with E-state index in [0.29, 0.717) is 17.3 Å². The van der Waals surface area contributed by atoms with E-state index in [1.54, 1.807) is 13.2 Å². The Morgan fingerprint density at radius 1 is 1.16 bits per heavy atom. The first-order valence-electron chi connectivity index (χ1n) is 8.14. The van der Waals surface area contributed by atoms with Crippen molar-refractivity contribution < 1.29 is 9.53 Å². The first kappa shape index (κ1) is 17.2. The van der Waals surface area contributed by atoms with Crippen LogP contribution in [0.3, 0.4) is 0 Å². The van der Waals surface area contributed by atoms with Gasteiger partial charge in [-0.3, -0.25) is 4.79 Å². The Morgan fingerprint density at radius 3 is 2.68 bits per heavy atom. The van der Waals surface area contributed by atoms with Crippen molar-refractivity contribution in [3.63, 3.8) is 0 Å². The van der Waals surface area contributed by atoms with Gasteiger partial charge in [0.15, 0.2) is 0 Å². The number of ether oxygens (including phenoxy) is 1. The number of aromatic nitrogens is 1. The molecular weight excluding hydrogens is 336 g/mol. The second kappa shape index (κ2) is 7.99. The van der Waals surface area contributed by atoms with Crippen LogP contribution in [0.25, 0.3) is 10.9 Å². The molecule has 0 fully saturated rings. The van der Waals surface area contributed by atoms with Crippen molar-refractivity contribution in [1.29, 1.82) is 0 Å². The Kier molecular flexibility index (Phi) is 5.51. The average Bonchev–Trinajstić information content (AvgIpc) is 2.64. The molecule has 0 unspecified atom stereocenters. The number of rotatable bonds is 6. The summed E-state index contributed by atoms with van der Waals surface area (Å²) in [5.41, 5.74) is 2.49. The second-order valence-electron chi connectivity index (χ2n) is 5.72. The number of amides is 1. The molecule has 1 aromatic heterocycles. The van der Waals surface area contributed by atoms with E-state index < -0.39 is 0 Å². The zero-order valence-corrected chi connectivity index (χ0v) is 14.7. The number of pyridine rings is 1. The van der Waals surface area contributed by atoms with Gasteiger partial charge in [0.2, 0.25) is 0 Å². The van der Waals surface area contributed by atoms with Gasteiger partial charge in [0.1, 0.15) is 10.9 Å². The zero-order chi connectivity index (χ0) is 17.6. The molecule has 3 rings (SSSR count). The number of nitrogens with zero attached hydrogens (tertiary/aromatic N) is 1. The fourth-order valence-electron chi connectivity index (χ4n) is 2.71. The summed E-state index contributed by atoms with van der Waals surface area (Å²) >= 11 is 6.03. The molecule has 3 aromatic rings. The summed E-state index contributed by atoms with van der Waals surface area (Å²) in [7, 11) is 1.65. The predicted molar refractivity (Wildman–Crippen MR) is 100 cm³/mol. The highest BCUT2D eigenvalue weighted by atomic mass is 35.5. The number of methoxy groups -OCH3 is 1. The van der Waals surface area contributed by atoms with Crippen LogP contribution in [-0.4, -0.2) is 24.5 Å². The fourth-order valence-corrected chi connectivity index (χ4v) is 2.91. The van der Waals surface area contributed by atoms with Gasteiger partial charge in [-0.2, -0.15) is 0 Å². The van der Waals surface area contributed by atoms with E-state index in [9.17, 15) is 4.79 Å². The molecule has 0 spiro atoms. The zero-order valence-electron chi connectivity index (χ0n) is 14.0. The predicted octanol–water partition coefficient (Wildman–Crippen LogP) is 4.26. The van der Waals surface area contributed by atoms with Gasteiger partial charge in [-0.1, -0.05) is 41.9 Å². The van der Waals surface area contributed by atoms with Crippen LogP contribution in [0.1, 0.15) is 22.3 Å². The third kappa shape index (κ3) is 4.28. The van der Waals surface area contributed by atoms with Crippen molar-refractivity contribution in [3.8, 4) is 5.75 Å². The summed E-state index contributed by atoms with van der Waals surface area (Å²) in [6, 6.07) is 17.1. The van der Waals surface area contributed by atoms with E-state index in [1.165, 1.54) is 5.56 Å². The molecule has 0 aliphatic heterocycles. The van der Waals surface area contributed by atoms with E-state index in [2.05, 4.69) is 10.3 Å². The number of fused-ring (bicyclic) bond motifs is 1. The molecule has 2 aromatic carbocycles. The van der Waals surface area contributed by atoms with Crippen LogP contribution >= 0.6 is 11.6 Å². The molecule has 0 aliphatic carbocycles. The molecule has 0 radical (unpaired) electrons. The van der Waals surface area contributed by atoms with E-state index in [4.69, 9.17) is 16.3 Å². The average molecular weight is 355 g/mol. The SMILES string of the molecule is COc1ccc(CCCNC(=O)c2cc(Cl)nc3ccccc23)cc1. The van der Waals surface area contributed by atoms with Crippen molar-refractivity contribution in [3.05, 3.63) is 70.9 Å². The van der Waals surface area contributed by atoms with Gasteiger partial charge in [-0.25, -0.2) is 4.98 Å². The molecule has 5 heteroatoms. The highest BCUT2D eigenvalue weighted by Gasteiger charge is 2.11. The van der Waals surface area contributed by atoms with Crippen LogP contribution in [-0.2, 0) is 6.42 Å². The normalized spacial score (nSPS) is 10.6. The second-order valence-corrected chi connectivity index (χ2v) is 6.10. The number of nitrogens with one attached hydrogen (secondary N) is 1. The van der Waals surface area contributed by atoms with Gasteiger partial charge in [-0.15, -0.1) is 0 Å². The Hall–Kier alpha value is -2.59. The molecule has 0 aliphatic rings. The van der Waals surface area contributed by atoms with Gasteiger partial charge in [-0.05, 0) is 42.7 Å². The number of carbonyl (C=O) groups excluding carboxylic acids is 1. The summed E-state index contributed by atoms with van der Waals surface area (Å²) in [5, 5.41) is 4.09. The molecule has 25 heavy (non-hydrogen) atoms. The van der Waals surface area contributed by atoms with Crippen LogP contribution in [0.15, 0.2) is 54.6 Å². The highest BCUT2D eigenvalue weighted by molar-refractivity contribution is 6.30. The molecule has 128 valence electrons. The summed E-state index contributed by atoms with van der Waals surface area (Å²) in [6.07, 6.45) is 1.75. The summed E-state index contributed by atoms with van der Waals surface area (Å²) in [5.74, 6) is 0.716. The van der Waals surface area contributed by atoms with Crippen LogP contribution in [0.2, 0.25) is 5.15 Å². The number of hydrogen-bond acceptors (Lipinski definition) is 3. The number of hydrogen-bond donors (Lipinski definition) is 1. The van der Waals surface area contributed by atoms with Crippen molar-refractivity contribution >= 4 is 28.4 Å². The number of carbonyl (C=O) groups is 1. The summed E-state index contributed by atoms with van der Waals surface area (Å²) in [6.45, 7) is 0.596.